The second-order valence-corrected chi connectivity index (χ2v) is 9.97. The Morgan fingerprint density at radius 2 is 1.62 bits per heavy atom. The summed E-state index contributed by atoms with van der Waals surface area (Å²) >= 11 is 0. The van der Waals surface area contributed by atoms with Crippen molar-refractivity contribution in [3.8, 4) is 11.5 Å². The first-order chi connectivity index (χ1) is 17.9. The van der Waals surface area contributed by atoms with Gasteiger partial charge in [-0.1, -0.05) is 68.4 Å². The molecule has 3 aromatic carbocycles. The van der Waals surface area contributed by atoms with E-state index in [1.54, 1.807) is 7.11 Å². The molecule has 1 aliphatic heterocycles. The lowest BCUT2D eigenvalue weighted by Crippen LogP contribution is -2.49. The first-order valence-electron chi connectivity index (χ1n) is 13.0. The third-order valence-electron chi connectivity index (χ3n) is 7.00. The zero-order chi connectivity index (χ0) is 26.2. The molecular formula is C31H38N2O4. The molecule has 0 bridgehead atoms. The summed E-state index contributed by atoms with van der Waals surface area (Å²) in [5, 5.41) is 3.66. The molecule has 0 radical (unpaired) electrons. The summed E-state index contributed by atoms with van der Waals surface area (Å²) in [5.74, 6) is 2.10. The largest absolute Gasteiger partial charge is 0.497 e. The van der Waals surface area contributed by atoms with Crippen LogP contribution in [0.3, 0.4) is 0 Å². The van der Waals surface area contributed by atoms with Gasteiger partial charge in [0.1, 0.15) is 24.7 Å². The van der Waals surface area contributed by atoms with E-state index >= 15 is 0 Å². The molecule has 1 amide bonds. The van der Waals surface area contributed by atoms with Crippen molar-refractivity contribution in [2.75, 3.05) is 13.7 Å². The number of nitrogens with one attached hydrogen (secondary N) is 1. The van der Waals surface area contributed by atoms with Gasteiger partial charge in [-0.25, -0.2) is 4.79 Å². The fourth-order valence-corrected chi connectivity index (χ4v) is 4.81. The zero-order valence-electron chi connectivity index (χ0n) is 22.2. The van der Waals surface area contributed by atoms with Crippen molar-refractivity contribution >= 4 is 6.09 Å². The van der Waals surface area contributed by atoms with Crippen molar-refractivity contribution in [2.24, 2.45) is 0 Å². The quantitative estimate of drug-likeness (QED) is 0.360. The van der Waals surface area contributed by atoms with E-state index in [2.05, 4.69) is 50.4 Å². The van der Waals surface area contributed by atoms with Gasteiger partial charge in [0, 0.05) is 18.6 Å². The van der Waals surface area contributed by atoms with E-state index in [0.717, 1.165) is 29.0 Å². The van der Waals surface area contributed by atoms with Gasteiger partial charge in [0.15, 0.2) is 0 Å². The number of hydrogen-bond acceptors (Lipinski definition) is 5. The van der Waals surface area contributed by atoms with Crippen molar-refractivity contribution < 1.29 is 19.0 Å². The number of likely N-dealkylation sites (tertiary alicyclic amines) is 1. The number of carbonyl (C=O) groups is 1. The second-order valence-electron chi connectivity index (χ2n) is 9.97. The van der Waals surface area contributed by atoms with E-state index in [0.29, 0.717) is 19.1 Å². The maximum absolute atomic E-state index is 13.3. The van der Waals surface area contributed by atoms with Crippen molar-refractivity contribution in [3.63, 3.8) is 0 Å². The summed E-state index contributed by atoms with van der Waals surface area (Å²) in [4.78, 5) is 15.1. The molecule has 196 valence electrons. The van der Waals surface area contributed by atoms with Gasteiger partial charge >= 0.3 is 6.09 Å². The fraction of sp³-hybridized carbons (Fsp3) is 0.387. The van der Waals surface area contributed by atoms with Crippen LogP contribution in [-0.4, -0.2) is 42.8 Å². The summed E-state index contributed by atoms with van der Waals surface area (Å²) < 4.78 is 17.2. The Bertz CT molecular complexity index is 1120. The molecule has 1 aliphatic rings. The highest BCUT2D eigenvalue weighted by molar-refractivity contribution is 5.69. The van der Waals surface area contributed by atoms with Crippen LogP contribution in [0, 0.1) is 0 Å². The average molecular weight is 503 g/mol. The predicted molar refractivity (Wildman–Crippen MR) is 146 cm³/mol. The van der Waals surface area contributed by atoms with Crippen LogP contribution in [0.1, 0.15) is 49.8 Å². The smallest absolute Gasteiger partial charge is 0.410 e. The normalized spacial score (nSPS) is 19.2. The van der Waals surface area contributed by atoms with Crippen LogP contribution < -0.4 is 14.8 Å². The minimum absolute atomic E-state index is 0.0218. The van der Waals surface area contributed by atoms with Gasteiger partial charge in [0.25, 0.3) is 0 Å². The summed E-state index contributed by atoms with van der Waals surface area (Å²) in [6.07, 6.45) is 0.505. The molecule has 0 saturated carbocycles. The van der Waals surface area contributed by atoms with Gasteiger partial charge in [-0.05, 0) is 60.2 Å². The number of hydrogen-bond donors (Lipinski definition) is 1. The minimum Gasteiger partial charge on any atom is -0.497 e. The third-order valence-corrected chi connectivity index (χ3v) is 7.00. The van der Waals surface area contributed by atoms with Crippen LogP contribution in [0.25, 0.3) is 0 Å². The molecule has 0 aliphatic carbocycles. The van der Waals surface area contributed by atoms with E-state index in [1.807, 2.05) is 59.5 Å². The van der Waals surface area contributed by atoms with Gasteiger partial charge < -0.3 is 19.5 Å². The van der Waals surface area contributed by atoms with Crippen LogP contribution >= 0.6 is 0 Å². The fourth-order valence-electron chi connectivity index (χ4n) is 4.81. The predicted octanol–water partition coefficient (Wildman–Crippen LogP) is 6.16. The maximum Gasteiger partial charge on any atom is 0.410 e. The Labute approximate surface area is 220 Å². The van der Waals surface area contributed by atoms with E-state index in [9.17, 15) is 4.79 Å². The summed E-state index contributed by atoms with van der Waals surface area (Å²) in [7, 11) is 1.67. The highest BCUT2D eigenvalue weighted by atomic mass is 16.6. The molecule has 6 nitrogen and oxygen atoms in total. The zero-order valence-corrected chi connectivity index (χ0v) is 22.2. The Morgan fingerprint density at radius 1 is 0.946 bits per heavy atom. The Balaban J connectivity index is 1.45. The molecule has 0 spiro atoms. The van der Waals surface area contributed by atoms with Crippen LogP contribution in [0.15, 0.2) is 78.9 Å². The lowest BCUT2D eigenvalue weighted by molar-refractivity contribution is 0.0674. The van der Waals surface area contributed by atoms with Gasteiger partial charge in [0.05, 0.1) is 13.2 Å². The molecule has 4 rings (SSSR count). The van der Waals surface area contributed by atoms with Crippen LogP contribution in [-0.2, 0) is 17.9 Å². The number of benzene rings is 3. The lowest BCUT2D eigenvalue weighted by Gasteiger charge is -2.30. The molecule has 0 unspecified atom stereocenters. The SMILES string of the molecule is COc1ccc(CN[C@H]2C[C@@H](C)N(C(=O)OCc3ccccc3)[C@H]2COc2ccc(C(C)C)cc2)cc1. The molecule has 1 fully saturated rings. The second kappa shape index (κ2) is 12.6. The minimum atomic E-state index is -0.311. The van der Waals surface area contributed by atoms with Crippen molar-refractivity contribution in [1.29, 1.82) is 0 Å². The maximum atomic E-state index is 13.3. The van der Waals surface area contributed by atoms with Crippen molar-refractivity contribution in [1.82, 2.24) is 10.2 Å². The van der Waals surface area contributed by atoms with E-state index < -0.39 is 0 Å². The number of methoxy groups -OCH3 is 1. The molecule has 37 heavy (non-hydrogen) atoms. The van der Waals surface area contributed by atoms with Crippen LogP contribution in [0.2, 0.25) is 0 Å². The lowest BCUT2D eigenvalue weighted by atomic mass is 10.0. The van der Waals surface area contributed by atoms with Gasteiger partial charge in [-0.2, -0.15) is 0 Å². The molecule has 1 heterocycles. The number of amides is 1. The average Bonchev–Trinajstić information content (AvgIpc) is 3.25. The first kappa shape index (κ1) is 26.6. The third kappa shape index (κ3) is 7.04. The summed E-state index contributed by atoms with van der Waals surface area (Å²) in [6, 6.07) is 25.9. The Kier molecular flexibility index (Phi) is 9.07. The topological polar surface area (TPSA) is 60.0 Å². The van der Waals surface area contributed by atoms with Crippen LogP contribution in [0.5, 0.6) is 11.5 Å². The molecule has 0 aromatic heterocycles. The molecule has 1 N–H and O–H groups in total. The number of ether oxygens (including phenoxy) is 3. The standard InChI is InChI=1S/C31H38N2O4/c1-22(2)26-12-16-28(17-13-26)36-21-30-29(32-19-24-10-14-27(35-4)15-11-24)18-23(3)33(30)31(34)37-20-25-8-6-5-7-9-25/h5-17,22-23,29-30,32H,18-21H2,1-4H3/t23-,29+,30+/m1/s1. The summed E-state index contributed by atoms with van der Waals surface area (Å²) in [5.41, 5.74) is 3.39. The highest BCUT2D eigenvalue weighted by Crippen LogP contribution is 2.28. The Hall–Kier alpha value is -3.51. The number of carbonyl (C=O) groups excluding carboxylic acids is 1. The Morgan fingerprint density at radius 3 is 2.27 bits per heavy atom. The van der Waals surface area contributed by atoms with Crippen molar-refractivity contribution in [2.45, 2.75) is 64.4 Å². The van der Waals surface area contributed by atoms with Gasteiger partial charge in [-0.15, -0.1) is 0 Å². The summed E-state index contributed by atoms with van der Waals surface area (Å²) in [6.45, 7) is 7.74. The van der Waals surface area contributed by atoms with Crippen molar-refractivity contribution in [3.05, 3.63) is 95.6 Å². The molecule has 1 saturated heterocycles. The first-order valence-corrected chi connectivity index (χ1v) is 13.0. The monoisotopic (exact) mass is 502 g/mol. The highest BCUT2D eigenvalue weighted by Gasteiger charge is 2.43. The molecule has 3 atom stereocenters. The van der Waals surface area contributed by atoms with E-state index in [-0.39, 0.29) is 30.8 Å². The molecule has 6 heteroatoms. The molecule has 3 aromatic rings. The molecular weight excluding hydrogens is 464 g/mol. The van der Waals surface area contributed by atoms with Crippen LogP contribution in [0.4, 0.5) is 4.79 Å². The number of nitrogens with zero attached hydrogens (tertiary/aromatic N) is 1. The van der Waals surface area contributed by atoms with E-state index in [1.165, 1.54) is 5.56 Å². The van der Waals surface area contributed by atoms with E-state index in [4.69, 9.17) is 14.2 Å². The number of rotatable bonds is 10. The van der Waals surface area contributed by atoms with Gasteiger partial charge in [0.2, 0.25) is 0 Å². The van der Waals surface area contributed by atoms with Gasteiger partial charge in [-0.3, -0.25) is 4.90 Å².